The maximum Gasteiger partial charge on any atom is 0.248 e. The molecule has 0 spiro atoms. The van der Waals surface area contributed by atoms with Crippen molar-refractivity contribution in [2.24, 2.45) is 11.5 Å². The molecule has 0 atom stereocenters. The van der Waals surface area contributed by atoms with E-state index in [9.17, 15) is 4.79 Å². The molecular weight excluding hydrogens is 220 g/mol. The number of ether oxygens (including phenoxy) is 2. The van der Waals surface area contributed by atoms with Crippen LogP contribution in [0.25, 0.3) is 0 Å². The van der Waals surface area contributed by atoms with Crippen molar-refractivity contribution in [3.8, 4) is 11.5 Å². The van der Waals surface area contributed by atoms with Gasteiger partial charge in [-0.25, -0.2) is 0 Å². The molecule has 0 aliphatic carbocycles. The van der Waals surface area contributed by atoms with E-state index >= 15 is 0 Å². The minimum absolute atomic E-state index is 0.371. The predicted molar refractivity (Wildman–Crippen MR) is 65.4 cm³/mol. The maximum atomic E-state index is 11.2. The van der Waals surface area contributed by atoms with Gasteiger partial charge < -0.3 is 20.9 Å². The van der Waals surface area contributed by atoms with Crippen LogP contribution in [0.3, 0.4) is 0 Å². The molecule has 0 aliphatic rings. The van der Waals surface area contributed by atoms with Gasteiger partial charge in [-0.05, 0) is 32.0 Å². The summed E-state index contributed by atoms with van der Waals surface area (Å²) in [6, 6.07) is 3.23. The smallest absolute Gasteiger partial charge is 0.248 e. The summed E-state index contributed by atoms with van der Waals surface area (Å²) in [6.45, 7) is 2.93. The van der Waals surface area contributed by atoms with Crippen LogP contribution in [0.1, 0.15) is 22.3 Å². The zero-order valence-electron chi connectivity index (χ0n) is 10.2. The summed E-state index contributed by atoms with van der Waals surface area (Å²) >= 11 is 0. The molecule has 0 heterocycles. The second-order valence-electron chi connectivity index (χ2n) is 3.66. The Hall–Kier alpha value is -1.75. The van der Waals surface area contributed by atoms with Gasteiger partial charge in [-0.15, -0.1) is 0 Å². The minimum atomic E-state index is -0.507. The monoisotopic (exact) mass is 238 g/mol. The van der Waals surface area contributed by atoms with Crippen molar-refractivity contribution in [1.29, 1.82) is 0 Å². The number of carbonyl (C=O) groups excluding carboxylic acids is 1. The molecule has 1 rings (SSSR count). The number of hydrogen-bond donors (Lipinski definition) is 2. The van der Waals surface area contributed by atoms with Crippen LogP contribution in [-0.2, 0) is 0 Å². The van der Waals surface area contributed by atoms with Crippen molar-refractivity contribution >= 4 is 5.91 Å². The van der Waals surface area contributed by atoms with Gasteiger partial charge in [-0.1, -0.05) is 0 Å². The molecule has 1 aromatic carbocycles. The Morgan fingerprint density at radius 3 is 2.53 bits per heavy atom. The molecule has 0 saturated carbocycles. The predicted octanol–water partition coefficient (Wildman–Crippen LogP) is 0.830. The molecule has 0 unspecified atom stereocenters. The second kappa shape index (κ2) is 6.10. The van der Waals surface area contributed by atoms with Crippen molar-refractivity contribution in [2.45, 2.75) is 13.3 Å². The molecule has 0 fully saturated rings. The first kappa shape index (κ1) is 13.3. The zero-order valence-corrected chi connectivity index (χ0v) is 10.2. The zero-order chi connectivity index (χ0) is 12.8. The van der Waals surface area contributed by atoms with E-state index in [1.807, 2.05) is 6.92 Å². The number of rotatable bonds is 6. The number of benzene rings is 1. The third-order valence-electron chi connectivity index (χ3n) is 2.42. The Morgan fingerprint density at radius 2 is 2.00 bits per heavy atom. The topological polar surface area (TPSA) is 87.6 Å². The summed E-state index contributed by atoms with van der Waals surface area (Å²) in [7, 11) is 1.54. The SMILES string of the molecule is COc1cc(C(N)=O)cc(OCCCN)c1C. The number of methoxy groups -OCH3 is 1. The standard InChI is InChI=1S/C12H18N2O3/c1-8-10(16-2)6-9(12(14)15)7-11(8)17-5-3-4-13/h6-7H,3-5,13H2,1-2H3,(H2,14,15). The van der Waals surface area contributed by atoms with Crippen molar-refractivity contribution < 1.29 is 14.3 Å². The number of primary amides is 1. The van der Waals surface area contributed by atoms with Gasteiger partial charge in [0.1, 0.15) is 11.5 Å². The fraction of sp³-hybridized carbons (Fsp3) is 0.417. The summed E-state index contributed by atoms with van der Waals surface area (Å²) in [6.07, 6.45) is 0.753. The lowest BCUT2D eigenvalue weighted by molar-refractivity contribution is 0.0999. The molecule has 1 aromatic rings. The second-order valence-corrected chi connectivity index (χ2v) is 3.66. The third kappa shape index (κ3) is 3.35. The molecule has 0 saturated heterocycles. The molecule has 0 aromatic heterocycles. The van der Waals surface area contributed by atoms with Crippen molar-refractivity contribution in [3.63, 3.8) is 0 Å². The highest BCUT2D eigenvalue weighted by atomic mass is 16.5. The quantitative estimate of drug-likeness (QED) is 0.718. The average Bonchev–Trinajstić information content (AvgIpc) is 2.31. The van der Waals surface area contributed by atoms with Crippen LogP contribution in [0.4, 0.5) is 0 Å². The van der Waals surface area contributed by atoms with Crippen molar-refractivity contribution in [2.75, 3.05) is 20.3 Å². The van der Waals surface area contributed by atoms with Crippen LogP contribution >= 0.6 is 0 Å². The summed E-state index contributed by atoms with van der Waals surface area (Å²) in [5.74, 6) is 0.683. The molecule has 5 heteroatoms. The highest BCUT2D eigenvalue weighted by Gasteiger charge is 2.11. The molecule has 94 valence electrons. The summed E-state index contributed by atoms with van der Waals surface area (Å²) in [4.78, 5) is 11.2. The van der Waals surface area contributed by atoms with Gasteiger partial charge in [0.15, 0.2) is 0 Å². The summed E-state index contributed by atoms with van der Waals surface area (Å²) in [5, 5.41) is 0. The first-order valence-electron chi connectivity index (χ1n) is 5.41. The van der Waals surface area contributed by atoms with Gasteiger partial charge in [0.2, 0.25) is 5.91 Å². The van der Waals surface area contributed by atoms with Crippen LogP contribution in [0.15, 0.2) is 12.1 Å². The molecule has 0 radical (unpaired) electrons. The fourth-order valence-electron chi connectivity index (χ4n) is 1.43. The van der Waals surface area contributed by atoms with E-state index in [2.05, 4.69) is 0 Å². The van der Waals surface area contributed by atoms with Crippen LogP contribution in [-0.4, -0.2) is 26.2 Å². The van der Waals surface area contributed by atoms with Crippen LogP contribution < -0.4 is 20.9 Å². The van der Waals surface area contributed by atoms with E-state index in [1.54, 1.807) is 12.1 Å². The number of nitrogens with two attached hydrogens (primary N) is 2. The average molecular weight is 238 g/mol. The van der Waals surface area contributed by atoms with E-state index in [0.717, 1.165) is 12.0 Å². The number of carbonyl (C=O) groups is 1. The van der Waals surface area contributed by atoms with Gasteiger partial charge in [0, 0.05) is 11.1 Å². The lowest BCUT2D eigenvalue weighted by Gasteiger charge is -2.13. The van der Waals surface area contributed by atoms with E-state index in [0.29, 0.717) is 30.2 Å². The van der Waals surface area contributed by atoms with Gasteiger partial charge >= 0.3 is 0 Å². The van der Waals surface area contributed by atoms with Gasteiger partial charge in [-0.2, -0.15) is 0 Å². The third-order valence-corrected chi connectivity index (χ3v) is 2.42. The summed E-state index contributed by atoms with van der Waals surface area (Å²) < 4.78 is 10.7. The molecular formula is C12H18N2O3. The van der Waals surface area contributed by atoms with E-state index in [1.165, 1.54) is 7.11 Å². The number of amides is 1. The van der Waals surface area contributed by atoms with E-state index < -0.39 is 5.91 Å². The Balaban J connectivity index is 3.00. The maximum absolute atomic E-state index is 11.2. The Bertz CT molecular complexity index is 405. The minimum Gasteiger partial charge on any atom is -0.496 e. The Kier molecular flexibility index (Phi) is 4.78. The first-order chi connectivity index (χ1) is 8.10. The number of hydrogen-bond acceptors (Lipinski definition) is 4. The van der Waals surface area contributed by atoms with Crippen LogP contribution in [0.5, 0.6) is 11.5 Å². The molecule has 5 nitrogen and oxygen atoms in total. The van der Waals surface area contributed by atoms with Crippen LogP contribution in [0, 0.1) is 6.92 Å². The van der Waals surface area contributed by atoms with Gasteiger partial charge in [-0.3, -0.25) is 4.79 Å². The summed E-state index contributed by atoms with van der Waals surface area (Å²) in [5.41, 5.74) is 11.8. The van der Waals surface area contributed by atoms with Crippen molar-refractivity contribution in [1.82, 2.24) is 0 Å². The van der Waals surface area contributed by atoms with Crippen LogP contribution in [0.2, 0.25) is 0 Å². The van der Waals surface area contributed by atoms with Gasteiger partial charge in [0.25, 0.3) is 0 Å². The van der Waals surface area contributed by atoms with Gasteiger partial charge in [0.05, 0.1) is 13.7 Å². The molecule has 0 bridgehead atoms. The Morgan fingerprint density at radius 1 is 1.35 bits per heavy atom. The fourth-order valence-corrected chi connectivity index (χ4v) is 1.43. The first-order valence-corrected chi connectivity index (χ1v) is 5.41. The Labute approximate surface area is 101 Å². The largest absolute Gasteiger partial charge is 0.496 e. The van der Waals surface area contributed by atoms with Crippen molar-refractivity contribution in [3.05, 3.63) is 23.3 Å². The van der Waals surface area contributed by atoms with E-state index in [-0.39, 0.29) is 0 Å². The molecule has 17 heavy (non-hydrogen) atoms. The molecule has 0 aliphatic heterocycles. The normalized spacial score (nSPS) is 10.1. The highest BCUT2D eigenvalue weighted by Crippen LogP contribution is 2.29. The lowest BCUT2D eigenvalue weighted by atomic mass is 10.1. The van der Waals surface area contributed by atoms with E-state index in [4.69, 9.17) is 20.9 Å². The lowest BCUT2D eigenvalue weighted by Crippen LogP contribution is -2.12. The molecule has 4 N–H and O–H groups in total. The molecule has 1 amide bonds. The highest BCUT2D eigenvalue weighted by molar-refractivity contribution is 5.94.